The molecule has 0 saturated carbocycles. The van der Waals surface area contributed by atoms with Crippen LogP contribution < -0.4 is 9.47 Å². The van der Waals surface area contributed by atoms with Crippen molar-refractivity contribution in [2.45, 2.75) is 25.8 Å². The molecule has 0 atom stereocenters. The summed E-state index contributed by atoms with van der Waals surface area (Å²) in [6.45, 7) is 0.379. The van der Waals surface area contributed by atoms with Crippen LogP contribution in [0, 0.1) is 5.82 Å². The predicted octanol–water partition coefficient (Wildman–Crippen LogP) is 3.79. The molecule has 0 unspecified atom stereocenters. The van der Waals surface area contributed by atoms with Crippen molar-refractivity contribution in [2.75, 3.05) is 21.3 Å². The molecule has 0 radical (unpaired) electrons. The monoisotopic (exact) mass is 409 g/mol. The Bertz CT molecular complexity index is 1080. The van der Waals surface area contributed by atoms with E-state index in [9.17, 15) is 9.18 Å². The fraction of sp³-hybridized carbons (Fsp3) is 0.304. The van der Waals surface area contributed by atoms with Crippen LogP contribution in [0.15, 0.2) is 42.5 Å². The molecule has 0 N–H and O–H groups in total. The minimum atomic E-state index is -0.299. The van der Waals surface area contributed by atoms with Gasteiger partial charge >= 0.3 is 0 Å². The molecule has 1 aliphatic rings. The topological polar surface area (TPSA) is 56.6 Å². The molecular formula is C23H24FN3O3. The number of carbonyl (C=O) groups is 1. The van der Waals surface area contributed by atoms with Crippen LogP contribution in [0.25, 0.3) is 5.69 Å². The zero-order valence-electron chi connectivity index (χ0n) is 17.3. The van der Waals surface area contributed by atoms with E-state index in [1.165, 1.54) is 12.1 Å². The number of amides is 1. The van der Waals surface area contributed by atoms with Crippen molar-refractivity contribution in [3.8, 4) is 17.2 Å². The van der Waals surface area contributed by atoms with E-state index in [0.717, 1.165) is 41.8 Å². The number of benzene rings is 2. The number of ether oxygens (including phenoxy) is 2. The van der Waals surface area contributed by atoms with Crippen LogP contribution in [-0.2, 0) is 19.4 Å². The van der Waals surface area contributed by atoms with Crippen LogP contribution >= 0.6 is 0 Å². The highest BCUT2D eigenvalue weighted by molar-refractivity contribution is 5.94. The quantitative estimate of drug-likeness (QED) is 0.622. The predicted molar refractivity (Wildman–Crippen MR) is 111 cm³/mol. The van der Waals surface area contributed by atoms with Gasteiger partial charge in [0.25, 0.3) is 5.91 Å². The number of methoxy groups -OCH3 is 2. The fourth-order valence-corrected chi connectivity index (χ4v) is 3.90. The molecule has 4 rings (SSSR count). The molecule has 0 saturated heterocycles. The molecule has 2 aromatic carbocycles. The summed E-state index contributed by atoms with van der Waals surface area (Å²) in [5, 5.41) is 4.62. The fourth-order valence-electron chi connectivity index (χ4n) is 3.90. The number of hydrogen-bond acceptors (Lipinski definition) is 4. The summed E-state index contributed by atoms with van der Waals surface area (Å²) in [7, 11) is 4.95. The third kappa shape index (κ3) is 3.63. The lowest BCUT2D eigenvalue weighted by atomic mass is 10.1. The molecule has 0 spiro atoms. The zero-order valence-corrected chi connectivity index (χ0v) is 17.3. The molecule has 156 valence electrons. The Balaban J connectivity index is 1.62. The first kappa shape index (κ1) is 19.9. The van der Waals surface area contributed by atoms with Crippen LogP contribution in [0.5, 0.6) is 11.5 Å². The molecule has 0 aliphatic heterocycles. The lowest BCUT2D eigenvalue weighted by Gasteiger charge is -2.19. The molecule has 1 aromatic heterocycles. The standard InChI is InChI=1S/C23H24FN3O3/c1-26(14-15-7-12-18(29-2)13-21(15)30-3)23(28)22-19-5-4-6-20(19)27(25-22)17-10-8-16(24)9-11-17/h7-13H,4-6,14H2,1-3H3. The summed E-state index contributed by atoms with van der Waals surface area (Å²) in [6.07, 6.45) is 2.64. The molecule has 30 heavy (non-hydrogen) atoms. The Morgan fingerprint density at radius 3 is 2.60 bits per heavy atom. The molecule has 1 amide bonds. The highest BCUT2D eigenvalue weighted by atomic mass is 19.1. The van der Waals surface area contributed by atoms with Gasteiger partial charge in [-0.1, -0.05) is 0 Å². The summed E-state index contributed by atoms with van der Waals surface area (Å²) in [5.74, 6) is 0.912. The van der Waals surface area contributed by atoms with Gasteiger partial charge in [-0.3, -0.25) is 4.79 Å². The lowest BCUT2D eigenvalue weighted by molar-refractivity contribution is 0.0777. The van der Waals surface area contributed by atoms with Crippen molar-refractivity contribution in [2.24, 2.45) is 0 Å². The van der Waals surface area contributed by atoms with Gasteiger partial charge < -0.3 is 14.4 Å². The largest absolute Gasteiger partial charge is 0.497 e. The van der Waals surface area contributed by atoms with E-state index in [1.54, 1.807) is 49.0 Å². The summed E-state index contributed by atoms with van der Waals surface area (Å²) in [6, 6.07) is 11.7. The third-order valence-corrected chi connectivity index (χ3v) is 5.45. The van der Waals surface area contributed by atoms with Crippen molar-refractivity contribution in [1.29, 1.82) is 0 Å². The highest BCUT2D eigenvalue weighted by Crippen LogP contribution is 2.30. The maximum atomic E-state index is 13.3. The molecule has 6 nitrogen and oxygen atoms in total. The second-order valence-corrected chi connectivity index (χ2v) is 7.35. The number of halogens is 1. The van der Waals surface area contributed by atoms with Gasteiger partial charge in [-0.05, 0) is 55.7 Å². The third-order valence-electron chi connectivity index (χ3n) is 5.45. The maximum Gasteiger partial charge on any atom is 0.274 e. The van der Waals surface area contributed by atoms with Gasteiger partial charge in [-0.25, -0.2) is 9.07 Å². The summed E-state index contributed by atoms with van der Waals surface area (Å²) >= 11 is 0. The van der Waals surface area contributed by atoms with Crippen LogP contribution in [0.3, 0.4) is 0 Å². The molecule has 1 heterocycles. The smallest absolute Gasteiger partial charge is 0.274 e. The molecule has 3 aromatic rings. The number of fused-ring (bicyclic) bond motifs is 1. The van der Waals surface area contributed by atoms with Gasteiger partial charge in [-0.2, -0.15) is 5.10 Å². The SMILES string of the molecule is COc1ccc(CN(C)C(=O)c2nn(-c3ccc(F)cc3)c3c2CCC3)c(OC)c1. The maximum absolute atomic E-state index is 13.3. The van der Waals surface area contributed by atoms with Gasteiger partial charge in [0.15, 0.2) is 5.69 Å². The first-order chi connectivity index (χ1) is 14.5. The van der Waals surface area contributed by atoms with Crippen molar-refractivity contribution in [3.05, 3.63) is 70.8 Å². The second kappa shape index (κ2) is 8.18. The highest BCUT2D eigenvalue weighted by Gasteiger charge is 2.29. The second-order valence-electron chi connectivity index (χ2n) is 7.35. The number of hydrogen-bond donors (Lipinski definition) is 0. The van der Waals surface area contributed by atoms with E-state index in [0.29, 0.717) is 23.7 Å². The van der Waals surface area contributed by atoms with E-state index < -0.39 is 0 Å². The van der Waals surface area contributed by atoms with Crippen LogP contribution in [0.2, 0.25) is 0 Å². The van der Waals surface area contributed by atoms with Crippen LogP contribution in [0.1, 0.15) is 33.7 Å². The molecule has 7 heteroatoms. The molecule has 0 fully saturated rings. The van der Waals surface area contributed by atoms with Crippen molar-refractivity contribution >= 4 is 5.91 Å². The van der Waals surface area contributed by atoms with E-state index in [1.807, 2.05) is 12.1 Å². The summed E-state index contributed by atoms with van der Waals surface area (Å²) in [5.41, 5.74) is 4.11. The minimum Gasteiger partial charge on any atom is -0.497 e. The Morgan fingerprint density at radius 2 is 1.90 bits per heavy atom. The van der Waals surface area contributed by atoms with Gasteiger partial charge in [0.2, 0.25) is 0 Å². The normalized spacial score (nSPS) is 12.5. The van der Waals surface area contributed by atoms with Gasteiger partial charge in [0.05, 0.1) is 19.9 Å². The van der Waals surface area contributed by atoms with E-state index in [-0.39, 0.29) is 11.7 Å². The van der Waals surface area contributed by atoms with Gasteiger partial charge in [-0.15, -0.1) is 0 Å². The van der Waals surface area contributed by atoms with E-state index in [4.69, 9.17) is 9.47 Å². The first-order valence-electron chi connectivity index (χ1n) is 9.85. The van der Waals surface area contributed by atoms with E-state index in [2.05, 4.69) is 5.10 Å². The van der Waals surface area contributed by atoms with Crippen molar-refractivity contribution in [3.63, 3.8) is 0 Å². The summed E-state index contributed by atoms with van der Waals surface area (Å²) < 4.78 is 25.8. The average molecular weight is 409 g/mol. The number of nitrogens with zero attached hydrogens (tertiary/aromatic N) is 3. The van der Waals surface area contributed by atoms with E-state index >= 15 is 0 Å². The van der Waals surface area contributed by atoms with Gasteiger partial charge in [0.1, 0.15) is 17.3 Å². The Hall–Kier alpha value is -3.35. The molecular weight excluding hydrogens is 385 g/mol. The number of carbonyl (C=O) groups excluding carboxylic acids is 1. The van der Waals surface area contributed by atoms with Gasteiger partial charge in [0, 0.05) is 36.5 Å². The molecule has 1 aliphatic carbocycles. The average Bonchev–Trinajstić information content (AvgIpc) is 3.37. The minimum absolute atomic E-state index is 0.146. The summed E-state index contributed by atoms with van der Waals surface area (Å²) in [4.78, 5) is 14.9. The Labute approximate surface area is 174 Å². The zero-order chi connectivity index (χ0) is 21.3. The van der Waals surface area contributed by atoms with Crippen LogP contribution in [-0.4, -0.2) is 41.9 Å². The lowest BCUT2D eigenvalue weighted by Crippen LogP contribution is -2.27. The number of aromatic nitrogens is 2. The van der Waals surface area contributed by atoms with Crippen LogP contribution in [0.4, 0.5) is 4.39 Å². The molecule has 0 bridgehead atoms. The number of rotatable bonds is 6. The Kier molecular flexibility index (Phi) is 5.44. The van der Waals surface area contributed by atoms with Crippen molar-refractivity contribution < 1.29 is 18.7 Å². The first-order valence-corrected chi connectivity index (χ1v) is 9.85. The van der Waals surface area contributed by atoms with Crippen molar-refractivity contribution in [1.82, 2.24) is 14.7 Å². The Morgan fingerprint density at radius 1 is 1.13 bits per heavy atom.